The highest BCUT2D eigenvalue weighted by molar-refractivity contribution is 5.76. The van der Waals surface area contributed by atoms with E-state index in [9.17, 15) is 4.79 Å². The Kier molecular flexibility index (Phi) is 7.39. The van der Waals surface area contributed by atoms with Crippen molar-refractivity contribution >= 4 is 17.5 Å². The van der Waals surface area contributed by atoms with E-state index in [1.54, 1.807) is 0 Å². The summed E-state index contributed by atoms with van der Waals surface area (Å²) in [6, 6.07) is 1.85. The third-order valence-corrected chi connectivity index (χ3v) is 2.73. The number of anilines is 2. The van der Waals surface area contributed by atoms with Gasteiger partial charge in [0.2, 0.25) is 5.91 Å². The number of aryl methyl sites for hydroxylation is 1. The van der Waals surface area contributed by atoms with Crippen LogP contribution in [0, 0.1) is 0 Å². The summed E-state index contributed by atoms with van der Waals surface area (Å²) < 4.78 is 0. The second-order valence-corrected chi connectivity index (χ2v) is 4.58. The molecule has 0 unspecified atom stereocenters. The second-order valence-electron chi connectivity index (χ2n) is 4.58. The van der Waals surface area contributed by atoms with E-state index in [-0.39, 0.29) is 5.91 Å². The Morgan fingerprint density at radius 2 is 1.90 bits per heavy atom. The molecule has 0 aliphatic rings. The second kappa shape index (κ2) is 9.12. The zero-order valence-corrected chi connectivity index (χ0v) is 12.6. The van der Waals surface area contributed by atoms with Gasteiger partial charge in [0.1, 0.15) is 17.5 Å². The molecule has 20 heavy (non-hydrogen) atoms. The Labute approximate surface area is 120 Å². The van der Waals surface area contributed by atoms with Crippen LogP contribution in [0.5, 0.6) is 0 Å². The van der Waals surface area contributed by atoms with Crippen LogP contribution in [0.4, 0.5) is 11.6 Å². The Balaban J connectivity index is 2.50. The molecule has 6 heteroatoms. The Morgan fingerprint density at radius 1 is 1.15 bits per heavy atom. The molecule has 112 valence electrons. The molecule has 0 spiro atoms. The van der Waals surface area contributed by atoms with Crippen LogP contribution in [0.3, 0.4) is 0 Å². The van der Waals surface area contributed by atoms with Crippen molar-refractivity contribution in [1.29, 1.82) is 0 Å². The molecule has 0 saturated carbocycles. The van der Waals surface area contributed by atoms with Gasteiger partial charge in [-0.05, 0) is 12.8 Å². The number of hydrogen-bond acceptors (Lipinski definition) is 5. The average Bonchev–Trinajstić information content (AvgIpc) is 2.45. The maximum atomic E-state index is 11.5. The number of amides is 1. The molecule has 0 aliphatic carbocycles. The number of nitrogens with one attached hydrogen (secondary N) is 3. The van der Waals surface area contributed by atoms with Crippen molar-refractivity contribution in [2.75, 3.05) is 30.8 Å². The predicted octanol–water partition coefficient (Wildman–Crippen LogP) is 1.80. The minimum absolute atomic E-state index is 0.0658. The van der Waals surface area contributed by atoms with Crippen LogP contribution in [0.15, 0.2) is 6.07 Å². The van der Waals surface area contributed by atoms with Gasteiger partial charge in [0, 0.05) is 39.0 Å². The van der Waals surface area contributed by atoms with Gasteiger partial charge in [-0.3, -0.25) is 4.79 Å². The molecule has 1 aromatic heterocycles. The number of hydrogen-bond donors (Lipinski definition) is 3. The summed E-state index contributed by atoms with van der Waals surface area (Å²) in [6.07, 6.45) is 3.26. The molecule has 1 heterocycles. The fourth-order valence-electron chi connectivity index (χ4n) is 1.71. The van der Waals surface area contributed by atoms with E-state index < -0.39 is 0 Å². The fraction of sp³-hybridized carbons (Fsp3) is 0.643. The smallest absolute Gasteiger partial charge is 0.221 e. The minimum atomic E-state index is 0.0658. The Morgan fingerprint density at radius 3 is 2.55 bits per heavy atom. The first-order valence-corrected chi connectivity index (χ1v) is 7.25. The van der Waals surface area contributed by atoms with E-state index in [2.05, 4.69) is 32.8 Å². The molecule has 3 N–H and O–H groups in total. The maximum absolute atomic E-state index is 11.5. The quantitative estimate of drug-likeness (QED) is 0.642. The monoisotopic (exact) mass is 279 g/mol. The van der Waals surface area contributed by atoms with Gasteiger partial charge in [-0.15, -0.1) is 0 Å². The van der Waals surface area contributed by atoms with Crippen molar-refractivity contribution in [2.24, 2.45) is 0 Å². The number of nitrogens with zero attached hydrogens (tertiary/aromatic N) is 2. The molecule has 0 aromatic carbocycles. The number of rotatable bonds is 9. The molecule has 1 aromatic rings. The highest BCUT2D eigenvalue weighted by Gasteiger charge is 2.04. The fourth-order valence-corrected chi connectivity index (χ4v) is 1.71. The van der Waals surface area contributed by atoms with Crippen LogP contribution in [-0.4, -0.2) is 36.0 Å². The van der Waals surface area contributed by atoms with Crippen LogP contribution in [0.1, 0.15) is 38.9 Å². The van der Waals surface area contributed by atoms with Crippen molar-refractivity contribution in [3.8, 4) is 0 Å². The first-order valence-electron chi connectivity index (χ1n) is 7.25. The van der Waals surface area contributed by atoms with Crippen LogP contribution in [0.25, 0.3) is 0 Å². The summed E-state index contributed by atoms with van der Waals surface area (Å²) >= 11 is 0. The van der Waals surface area contributed by atoms with E-state index >= 15 is 0 Å². The summed E-state index contributed by atoms with van der Waals surface area (Å²) in [5.41, 5.74) is 0. The van der Waals surface area contributed by atoms with E-state index in [1.165, 1.54) is 0 Å². The summed E-state index contributed by atoms with van der Waals surface area (Å²) in [5.74, 6) is 2.44. The highest BCUT2D eigenvalue weighted by Crippen LogP contribution is 2.11. The first-order chi connectivity index (χ1) is 9.69. The standard InChI is InChI=1S/C14H25N5O/c1-4-6-11-18-12(15-3)10-13(19-11)16-9-7-14(20)17-8-5-2/h10H,4-9H2,1-3H3,(H,17,20)(H2,15,16,18,19). The van der Waals surface area contributed by atoms with Crippen molar-refractivity contribution in [2.45, 2.75) is 39.5 Å². The average molecular weight is 279 g/mol. The van der Waals surface area contributed by atoms with Gasteiger partial charge < -0.3 is 16.0 Å². The van der Waals surface area contributed by atoms with Gasteiger partial charge in [0.05, 0.1) is 0 Å². The summed E-state index contributed by atoms with van der Waals surface area (Å²) in [4.78, 5) is 20.3. The zero-order chi connectivity index (χ0) is 14.8. The van der Waals surface area contributed by atoms with Crippen LogP contribution >= 0.6 is 0 Å². The van der Waals surface area contributed by atoms with E-state index in [4.69, 9.17) is 0 Å². The van der Waals surface area contributed by atoms with Gasteiger partial charge in [-0.25, -0.2) is 9.97 Å². The lowest BCUT2D eigenvalue weighted by Crippen LogP contribution is -2.26. The third-order valence-electron chi connectivity index (χ3n) is 2.73. The minimum Gasteiger partial charge on any atom is -0.373 e. The Hall–Kier alpha value is -1.85. The van der Waals surface area contributed by atoms with Gasteiger partial charge >= 0.3 is 0 Å². The largest absolute Gasteiger partial charge is 0.373 e. The molecular weight excluding hydrogens is 254 g/mol. The summed E-state index contributed by atoms with van der Waals surface area (Å²) in [6.45, 7) is 5.44. The number of carbonyl (C=O) groups is 1. The molecule has 1 amide bonds. The molecule has 0 bridgehead atoms. The van der Waals surface area contributed by atoms with Crippen molar-refractivity contribution < 1.29 is 4.79 Å². The van der Waals surface area contributed by atoms with Gasteiger partial charge in [0.25, 0.3) is 0 Å². The zero-order valence-electron chi connectivity index (χ0n) is 12.6. The number of aromatic nitrogens is 2. The van der Waals surface area contributed by atoms with Crippen LogP contribution in [-0.2, 0) is 11.2 Å². The summed E-state index contributed by atoms with van der Waals surface area (Å²) in [7, 11) is 1.83. The third kappa shape index (κ3) is 5.86. The van der Waals surface area contributed by atoms with Crippen LogP contribution < -0.4 is 16.0 Å². The Bertz CT molecular complexity index is 422. The van der Waals surface area contributed by atoms with E-state index in [0.29, 0.717) is 13.0 Å². The molecule has 0 radical (unpaired) electrons. The van der Waals surface area contributed by atoms with Crippen molar-refractivity contribution in [3.05, 3.63) is 11.9 Å². The SMILES string of the molecule is CCCNC(=O)CCNc1cc(NC)nc(CCC)n1. The molecule has 0 fully saturated rings. The molecular formula is C14H25N5O. The lowest BCUT2D eigenvalue weighted by Gasteiger charge is -2.09. The lowest BCUT2D eigenvalue weighted by atomic mass is 10.3. The highest BCUT2D eigenvalue weighted by atomic mass is 16.1. The normalized spacial score (nSPS) is 10.2. The van der Waals surface area contributed by atoms with Gasteiger partial charge in [-0.1, -0.05) is 13.8 Å². The summed E-state index contributed by atoms with van der Waals surface area (Å²) in [5, 5.41) is 9.05. The van der Waals surface area contributed by atoms with E-state index in [0.717, 1.165) is 43.3 Å². The maximum Gasteiger partial charge on any atom is 0.221 e. The van der Waals surface area contributed by atoms with Gasteiger partial charge in [-0.2, -0.15) is 0 Å². The lowest BCUT2D eigenvalue weighted by molar-refractivity contribution is -0.120. The molecule has 1 rings (SSSR count). The molecule has 6 nitrogen and oxygen atoms in total. The van der Waals surface area contributed by atoms with Crippen molar-refractivity contribution in [3.63, 3.8) is 0 Å². The van der Waals surface area contributed by atoms with Crippen LogP contribution in [0.2, 0.25) is 0 Å². The molecule has 0 aliphatic heterocycles. The van der Waals surface area contributed by atoms with Gasteiger partial charge in [0.15, 0.2) is 0 Å². The molecule has 0 atom stereocenters. The topological polar surface area (TPSA) is 78.9 Å². The first kappa shape index (κ1) is 16.2. The number of carbonyl (C=O) groups excluding carboxylic acids is 1. The van der Waals surface area contributed by atoms with E-state index in [1.807, 2.05) is 20.0 Å². The van der Waals surface area contributed by atoms with Crippen molar-refractivity contribution in [1.82, 2.24) is 15.3 Å². The predicted molar refractivity (Wildman–Crippen MR) is 82.0 cm³/mol. The molecule has 0 saturated heterocycles.